The van der Waals surface area contributed by atoms with Crippen molar-refractivity contribution in [1.82, 2.24) is 0 Å². The van der Waals surface area contributed by atoms with Gasteiger partial charge < -0.3 is 10.4 Å². The number of carbonyl (C=O) groups excluding carboxylic acids is 1. The Kier molecular flexibility index (Phi) is 4.05. The molecule has 0 aromatic heterocycles. The first-order chi connectivity index (χ1) is 7.56. The highest BCUT2D eigenvalue weighted by Gasteiger charge is 2.15. The highest BCUT2D eigenvalue weighted by atomic mass is 16.4. The second-order valence-electron chi connectivity index (χ2n) is 3.66. The molecule has 0 aliphatic heterocycles. The predicted molar refractivity (Wildman–Crippen MR) is 61.4 cm³/mol. The van der Waals surface area contributed by atoms with E-state index in [-0.39, 0.29) is 5.92 Å². The van der Waals surface area contributed by atoms with Crippen molar-refractivity contribution >= 4 is 17.6 Å². The third-order valence-electron chi connectivity index (χ3n) is 2.55. The molecule has 0 radical (unpaired) electrons. The van der Waals surface area contributed by atoms with E-state index in [1.54, 1.807) is 12.1 Å². The van der Waals surface area contributed by atoms with Gasteiger partial charge in [0.05, 0.1) is 0 Å². The maximum Gasteiger partial charge on any atom is 0.394 e. The molecule has 1 amide bonds. The lowest BCUT2D eigenvalue weighted by molar-refractivity contribution is -0.147. The maximum absolute atomic E-state index is 11.1. The van der Waals surface area contributed by atoms with Crippen LogP contribution in [0.3, 0.4) is 0 Å². The van der Waals surface area contributed by atoms with E-state index < -0.39 is 11.9 Å². The molecule has 16 heavy (non-hydrogen) atoms. The Morgan fingerprint density at radius 2 is 2.00 bits per heavy atom. The van der Waals surface area contributed by atoms with Crippen LogP contribution in [0.5, 0.6) is 0 Å². The fourth-order valence-electron chi connectivity index (χ4n) is 1.44. The Bertz CT molecular complexity index is 401. The van der Waals surface area contributed by atoms with Gasteiger partial charge in [-0.25, -0.2) is 4.79 Å². The van der Waals surface area contributed by atoms with Crippen molar-refractivity contribution in [3.05, 3.63) is 29.8 Å². The standard InChI is InChI=1S/C12H15NO3/c1-3-8(2)9-6-4-5-7-10(9)13-11(14)12(15)16/h4-8H,3H2,1-2H3,(H,13,14)(H,15,16)/t8-/m1/s1. The predicted octanol–water partition coefficient (Wildman–Crippen LogP) is 2.22. The van der Waals surface area contributed by atoms with Gasteiger partial charge in [0.15, 0.2) is 0 Å². The van der Waals surface area contributed by atoms with Gasteiger partial charge in [0.25, 0.3) is 0 Å². The van der Waals surface area contributed by atoms with Crippen LogP contribution < -0.4 is 5.32 Å². The number of nitrogens with one attached hydrogen (secondary N) is 1. The number of anilines is 1. The number of benzene rings is 1. The monoisotopic (exact) mass is 221 g/mol. The van der Waals surface area contributed by atoms with Crippen LogP contribution in [0.4, 0.5) is 5.69 Å². The van der Waals surface area contributed by atoms with E-state index in [1.165, 1.54) is 0 Å². The SMILES string of the molecule is CC[C@@H](C)c1ccccc1NC(=O)C(=O)O. The molecule has 0 spiro atoms. The summed E-state index contributed by atoms with van der Waals surface area (Å²) in [5.41, 5.74) is 1.53. The van der Waals surface area contributed by atoms with Crippen molar-refractivity contribution in [3.63, 3.8) is 0 Å². The lowest BCUT2D eigenvalue weighted by Crippen LogP contribution is -2.22. The molecule has 0 aliphatic carbocycles. The number of carboxylic acids is 1. The van der Waals surface area contributed by atoms with Crippen LogP contribution in [-0.2, 0) is 9.59 Å². The summed E-state index contributed by atoms with van der Waals surface area (Å²) in [5, 5.41) is 10.9. The number of hydrogen-bond donors (Lipinski definition) is 2. The van der Waals surface area contributed by atoms with Crippen molar-refractivity contribution in [3.8, 4) is 0 Å². The summed E-state index contributed by atoms with van der Waals surface area (Å²) in [6.07, 6.45) is 0.931. The average Bonchev–Trinajstić information content (AvgIpc) is 2.28. The Hall–Kier alpha value is -1.84. The first-order valence-corrected chi connectivity index (χ1v) is 5.19. The lowest BCUT2D eigenvalue weighted by atomic mass is 9.97. The van der Waals surface area contributed by atoms with Gasteiger partial charge in [-0.15, -0.1) is 0 Å². The van der Waals surface area contributed by atoms with Gasteiger partial charge >= 0.3 is 11.9 Å². The molecule has 0 saturated heterocycles. The van der Waals surface area contributed by atoms with Crippen LogP contribution in [0.25, 0.3) is 0 Å². The third kappa shape index (κ3) is 2.82. The minimum atomic E-state index is -1.47. The molecule has 2 N–H and O–H groups in total. The molecule has 1 aromatic carbocycles. The topological polar surface area (TPSA) is 66.4 Å². The van der Waals surface area contributed by atoms with Gasteiger partial charge in [0.1, 0.15) is 0 Å². The van der Waals surface area contributed by atoms with Gasteiger partial charge in [-0.1, -0.05) is 32.0 Å². The van der Waals surface area contributed by atoms with E-state index in [2.05, 4.69) is 5.32 Å². The first-order valence-electron chi connectivity index (χ1n) is 5.19. The molecular formula is C12H15NO3. The molecule has 1 rings (SSSR count). The molecule has 1 atom stereocenters. The van der Waals surface area contributed by atoms with Gasteiger partial charge in [-0.05, 0) is 24.0 Å². The fraction of sp³-hybridized carbons (Fsp3) is 0.333. The van der Waals surface area contributed by atoms with Crippen LogP contribution in [0.1, 0.15) is 31.7 Å². The molecular weight excluding hydrogens is 206 g/mol. The number of hydrogen-bond acceptors (Lipinski definition) is 2. The summed E-state index contributed by atoms with van der Waals surface area (Å²) in [7, 11) is 0. The molecule has 0 aliphatic rings. The van der Waals surface area contributed by atoms with Crippen molar-refractivity contribution in [2.45, 2.75) is 26.2 Å². The van der Waals surface area contributed by atoms with Crippen LogP contribution in [0, 0.1) is 0 Å². The van der Waals surface area contributed by atoms with Crippen LogP contribution >= 0.6 is 0 Å². The normalized spacial score (nSPS) is 11.9. The van der Waals surface area contributed by atoms with Gasteiger partial charge in [-0.2, -0.15) is 0 Å². The summed E-state index contributed by atoms with van der Waals surface area (Å²) in [4.78, 5) is 21.5. The number of amides is 1. The van der Waals surface area contributed by atoms with E-state index in [9.17, 15) is 9.59 Å². The molecule has 0 bridgehead atoms. The highest BCUT2D eigenvalue weighted by Crippen LogP contribution is 2.26. The van der Waals surface area contributed by atoms with E-state index >= 15 is 0 Å². The summed E-state index contributed by atoms with van der Waals surface area (Å²) >= 11 is 0. The zero-order chi connectivity index (χ0) is 12.1. The molecule has 0 fully saturated rings. The third-order valence-corrected chi connectivity index (χ3v) is 2.55. The maximum atomic E-state index is 11.1. The van der Waals surface area contributed by atoms with Gasteiger partial charge in [-0.3, -0.25) is 4.79 Å². The zero-order valence-electron chi connectivity index (χ0n) is 9.36. The van der Waals surface area contributed by atoms with Crippen LogP contribution in [0.15, 0.2) is 24.3 Å². The van der Waals surface area contributed by atoms with Crippen molar-refractivity contribution in [1.29, 1.82) is 0 Å². The Morgan fingerprint density at radius 3 is 2.56 bits per heavy atom. The molecule has 0 unspecified atom stereocenters. The van der Waals surface area contributed by atoms with E-state index in [4.69, 9.17) is 5.11 Å². The Morgan fingerprint density at radius 1 is 1.38 bits per heavy atom. The number of aliphatic carboxylic acids is 1. The molecule has 1 aromatic rings. The van der Waals surface area contributed by atoms with Crippen LogP contribution in [0.2, 0.25) is 0 Å². The van der Waals surface area contributed by atoms with Gasteiger partial charge in [0, 0.05) is 5.69 Å². The van der Waals surface area contributed by atoms with Crippen molar-refractivity contribution < 1.29 is 14.7 Å². The van der Waals surface area contributed by atoms with Gasteiger partial charge in [0.2, 0.25) is 0 Å². The molecule has 0 heterocycles. The summed E-state index contributed by atoms with van der Waals surface area (Å²) in [6, 6.07) is 7.25. The summed E-state index contributed by atoms with van der Waals surface area (Å²) < 4.78 is 0. The van der Waals surface area contributed by atoms with Crippen molar-refractivity contribution in [2.24, 2.45) is 0 Å². The number of para-hydroxylation sites is 1. The number of carbonyl (C=O) groups is 2. The summed E-state index contributed by atoms with van der Waals surface area (Å²) in [6.45, 7) is 4.08. The van der Waals surface area contributed by atoms with E-state index in [1.807, 2.05) is 26.0 Å². The minimum absolute atomic E-state index is 0.283. The Balaban J connectivity index is 2.95. The minimum Gasteiger partial charge on any atom is -0.474 e. The fourth-order valence-corrected chi connectivity index (χ4v) is 1.44. The van der Waals surface area contributed by atoms with E-state index in [0.29, 0.717) is 5.69 Å². The highest BCUT2D eigenvalue weighted by molar-refractivity contribution is 6.36. The van der Waals surface area contributed by atoms with Crippen molar-refractivity contribution in [2.75, 3.05) is 5.32 Å². The quantitative estimate of drug-likeness (QED) is 0.769. The molecule has 86 valence electrons. The number of carboxylic acid groups (broad SMARTS) is 1. The Labute approximate surface area is 94.3 Å². The largest absolute Gasteiger partial charge is 0.474 e. The second-order valence-corrected chi connectivity index (χ2v) is 3.66. The molecule has 0 saturated carbocycles. The lowest BCUT2D eigenvalue weighted by Gasteiger charge is -2.14. The average molecular weight is 221 g/mol. The second kappa shape index (κ2) is 5.30. The zero-order valence-corrected chi connectivity index (χ0v) is 9.36. The molecule has 4 heteroatoms. The van der Waals surface area contributed by atoms with E-state index in [0.717, 1.165) is 12.0 Å². The summed E-state index contributed by atoms with van der Waals surface area (Å²) in [5.74, 6) is -2.19. The first kappa shape index (κ1) is 12.2. The smallest absolute Gasteiger partial charge is 0.394 e. The molecule has 4 nitrogen and oxygen atoms in total. The number of rotatable bonds is 3. The van der Waals surface area contributed by atoms with Crippen LogP contribution in [-0.4, -0.2) is 17.0 Å².